The van der Waals surface area contributed by atoms with E-state index in [-0.39, 0.29) is 5.78 Å². The first-order chi connectivity index (χ1) is 10.6. The summed E-state index contributed by atoms with van der Waals surface area (Å²) >= 11 is 0. The molecule has 1 atom stereocenters. The monoisotopic (exact) mass is 300 g/mol. The summed E-state index contributed by atoms with van der Waals surface area (Å²) in [6.07, 6.45) is -1.09. The van der Waals surface area contributed by atoms with Crippen LogP contribution in [-0.4, -0.2) is 24.1 Å². The van der Waals surface area contributed by atoms with E-state index in [0.717, 1.165) is 18.8 Å². The van der Waals surface area contributed by atoms with E-state index in [1.54, 1.807) is 24.3 Å². The first kappa shape index (κ1) is 18.1. The van der Waals surface area contributed by atoms with Crippen LogP contribution in [0.3, 0.4) is 0 Å². The second-order valence-electron chi connectivity index (χ2n) is 4.77. The van der Waals surface area contributed by atoms with Gasteiger partial charge < -0.3 is 9.84 Å². The summed E-state index contributed by atoms with van der Waals surface area (Å²) in [6.45, 7) is 7.53. The Morgan fingerprint density at radius 2 is 1.55 bits per heavy atom. The highest BCUT2D eigenvalue weighted by Crippen LogP contribution is 2.19. The molecule has 3 heteroatoms. The second-order valence-corrected chi connectivity index (χ2v) is 4.77. The molecule has 0 fully saturated rings. The highest BCUT2D eigenvalue weighted by molar-refractivity contribution is 6.01. The molecule has 1 unspecified atom stereocenters. The van der Waals surface area contributed by atoms with E-state index >= 15 is 0 Å². The van der Waals surface area contributed by atoms with Gasteiger partial charge in [-0.2, -0.15) is 0 Å². The third-order valence-electron chi connectivity index (χ3n) is 3.18. The summed E-state index contributed by atoms with van der Waals surface area (Å²) in [7, 11) is 0. The van der Waals surface area contributed by atoms with Crippen LogP contribution in [0.25, 0.3) is 0 Å². The molecule has 3 nitrogen and oxygen atoms in total. The third-order valence-corrected chi connectivity index (χ3v) is 3.18. The first-order valence-corrected chi connectivity index (χ1v) is 7.52. The minimum absolute atomic E-state index is 0.255. The molecule has 0 saturated carbocycles. The van der Waals surface area contributed by atoms with Gasteiger partial charge in [0.15, 0.2) is 5.78 Å². The van der Waals surface area contributed by atoms with Gasteiger partial charge >= 0.3 is 0 Å². The van der Waals surface area contributed by atoms with E-state index in [2.05, 4.69) is 0 Å². The van der Waals surface area contributed by atoms with Gasteiger partial charge in [-0.3, -0.25) is 4.79 Å². The maximum atomic E-state index is 12.1. The molecule has 22 heavy (non-hydrogen) atoms. The molecular weight excluding hydrogens is 276 g/mol. The van der Waals surface area contributed by atoms with Gasteiger partial charge in [-0.15, -0.1) is 0 Å². The van der Waals surface area contributed by atoms with Crippen LogP contribution in [-0.2, 0) is 4.74 Å². The van der Waals surface area contributed by atoms with Gasteiger partial charge in [0, 0.05) is 18.8 Å². The van der Waals surface area contributed by atoms with Gasteiger partial charge in [-0.1, -0.05) is 54.6 Å². The first-order valence-electron chi connectivity index (χ1n) is 7.52. The average molecular weight is 300 g/mol. The average Bonchev–Trinajstić information content (AvgIpc) is 2.56. The molecule has 118 valence electrons. The molecule has 0 aliphatic rings. The Balaban J connectivity index is 0.000000422. The van der Waals surface area contributed by atoms with Crippen molar-refractivity contribution in [1.82, 2.24) is 0 Å². The predicted molar refractivity (Wildman–Crippen MR) is 89.1 cm³/mol. The van der Waals surface area contributed by atoms with E-state index < -0.39 is 6.10 Å². The van der Waals surface area contributed by atoms with E-state index in [0.29, 0.717) is 11.1 Å². The Labute approximate surface area is 132 Å². The van der Waals surface area contributed by atoms with Crippen LogP contribution < -0.4 is 0 Å². The van der Waals surface area contributed by atoms with Crippen LogP contribution in [0.4, 0.5) is 0 Å². The van der Waals surface area contributed by atoms with Crippen molar-refractivity contribution < 1.29 is 14.6 Å². The topological polar surface area (TPSA) is 46.5 Å². The van der Waals surface area contributed by atoms with Gasteiger partial charge in [0.1, 0.15) is 6.10 Å². The Morgan fingerprint density at radius 3 is 2.05 bits per heavy atom. The quantitative estimate of drug-likeness (QED) is 0.850. The van der Waals surface area contributed by atoms with Crippen molar-refractivity contribution in [3.05, 3.63) is 71.3 Å². The highest BCUT2D eigenvalue weighted by Gasteiger charge is 2.19. The van der Waals surface area contributed by atoms with E-state index in [1.165, 1.54) is 0 Å². The number of aryl methyl sites for hydroxylation is 1. The molecular formula is C19H24O3. The molecule has 0 radical (unpaired) electrons. The fourth-order valence-electron chi connectivity index (χ4n) is 1.99. The van der Waals surface area contributed by atoms with Crippen LogP contribution in [0.5, 0.6) is 0 Å². The number of carbonyl (C=O) groups excluding carboxylic acids is 1. The van der Waals surface area contributed by atoms with Crippen LogP contribution in [0.2, 0.25) is 0 Å². The minimum Gasteiger partial charge on any atom is -0.382 e. The van der Waals surface area contributed by atoms with Gasteiger partial charge in [-0.25, -0.2) is 0 Å². The predicted octanol–water partition coefficient (Wildman–Crippen LogP) is 3.95. The van der Waals surface area contributed by atoms with Crippen LogP contribution in [0.1, 0.15) is 41.4 Å². The number of hydrogen-bond acceptors (Lipinski definition) is 3. The number of carbonyl (C=O) groups is 1. The smallest absolute Gasteiger partial charge is 0.196 e. The molecule has 0 heterocycles. The molecule has 2 aromatic carbocycles. The van der Waals surface area contributed by atoms with Gasteiger partial charge in [0.2, 0.25) is 0 Å². The number of Topliss-reactive ketones (excluding diaryl/α,β-unsaturated/α-hetero) is 1. The lowest BCUT2D eigenvalue weighted by Gasteiger charge is -2.11. The van der Waals surface area contributed by atoms with Crippen LogP contribution >= 0.6 is 0 Å². The molecule has 1 N–H and O–H groups in total. The zero-order valence-corrected chi connectivity index (χ0v) is 13.5. The van der Waals surface area contributed by atoms with Crippen molar-refractivity contribution in [2.45, 2.75) is 26.9 Å². The molecule has 0 amide bonds. The molecule has 0 aliphatic carbocycles. The molecule has 0 aliphatic heterocycles. The number of ketones is 1. The normalized spacial score (nSPS) is 11.3. The highest BCUT2D eigenvalue weighted by atomic mass is 16.5. The lowest BCUT2D eigenvalue weighted by Crippen LogP contribution is -2.13. The summed E-state index contributed by atoms with van der Waals surface area (Å²) in [5, 5.41) is 10.0. The van der Waals surface area contributed by atoms with Gasteiger partial charge in [0.05, 0.1) is 0 Å². The van der Waals surface area contributed by atoms with Crippen LogP contribution in [0, 0.1) is 6.92 Å². The number of rotatable bonds is 5. The Morgan fingerprint density at radius 1 is 1.00 bits per heavy atom. The Hall–Kier alpha value is -1.97. The third kappa shape index (κ3) is 5.43. The number of aliphatic hydroxyl groups excluding tert-OH is 1. The number of benzene rings is 2. The van der Waals surface area contributed by atoms with Crippen molar-refractivity contribution in [1.29, 1.82) is 0 Å². The van der Waals surface area contributed by atoms with Gasteiger partial charge in [-0.05, 0) is 31.9 Å². The molecule has 0 spiro atoms. The SMILES string of the molecule is CCOCC.Cc1ccccc1C(=O)C(O)c1ccccc1. The number of ether oxygens (including phenoxy) is 1. The minimum atomic E-state index is -1.09. The summed E-state index contributed by atoms with van der Waals surface area (Å²) < 4.78 is 4.83. The zero-order chi connectivity index (χ0) is 16.4. The number of hydrogen-bond donors (Lipinski definition) is 1. The second kappa shape index (κ2) is 9.87. The van der Waals surface area contributed by atoms with Crippen molar-refractivity contribution in [2.24, 2.45) is 0 Å². The van der Waals surface area contributed by atoms with E-state index in [9.17, 15) is 9.90 Å². The maximum absolute atomic E-state index is 12.1. The van der Waals surface area contributed by atoms with Crippen molar-refractivity contribution in [2.75, 3.05) is 13.2 Å². The fraction of sp³-hybridized carbons (Fsp3) is 0.316. The molecule has 0 saturated heterocycles. The van der Waals surface area contributed by atoms with E-state index in [4.69, 9.17) is 4.74 Å². The standard InChI is InChI=1S/C15H14O2.C4H10O/c1-11-7-5-6-10-13(11)15(17)14(16)12-8-3-2-4-9-12;1-3-5-4-2/h2-10,14,16H,1H3;3-4H2,1-2H3. The summed E-state index contributed by atoms with van der Waals surface area (Å²) in [5.41, 5.74) is 2.08. The van der Waals surface area contributed by atoms with Gasteiger partial charge in [0.25, 0.3) is 0 Å². The lowest BCUT2D eigenvalue weighted by atomic mass is 9.97. The lowest BCUT2D eigenvalue weighted by molar-refractivity contribution is 0.0747. The molecule has 0 aromatic heterocycles. The zero-order valence-electron chi connectivity index (χ0n) is 13.5. The Bertz CT molecular complexity index is 562. The van der Waals surface area contributed by atoms with Crippen molar-refractivity contribution in [3.63, 3.8) is 0 Å². The number of aliphatic hydroxyl groups is 1. The Kier molecular flexibility index (Phi) is 8.11. The summed E-state index contributed by atoms with van der Waals surface area (Å²) in [4.78, 5) is 12.1. The summed E-state index contributed by atoms with van der Waals surface area (Å²) in [6, 6.07) is 16.3. The fourth-order valence-corrected chi connectivity index (χ4v) is 1.99. The van der Waals surface area contributed by atoms with Crippen molar-refractivity contribution >= 4 is 5.78 Å². The maximum Gasteiger partial charge on any atom is 0.196 e. The van der Waals surface area contributed by atoms with Crippen LogP contribution in [0.15, 0.2) is 54.6 Å². The molecule has 2 aromatic rings. The van der Waals surface area contributed by atoms with E-state index in [1.807, 2.05) is 51.1 Å². The van der Waals surface area contributed by atoms with Crippen molar-refractivity contribution in [3.8, 4) is 0 Å². The largest absolute Gasteiger partial charge is 0.382 e. The molecule has 0 bridgehead atoms. The molecule has 2 rings (SSSR count). The summed E-state index contributed by atoms with van der Waals surface area (Å²) in [5.74, 6) is -0.255.